The standard InChI is InChI=1S/C13H10O.C13H10S.BF4/c2*1-3-7-12-10(5-1)9-11-6-2-4-8-13(11)14-12;2-1(3,4)5/h2*1-8H,9H2;/q;;-1. The minimum atomic E-state index is -6.00. The van der Waals surface area contributed by atoms with Gasteiger partial charge in [0.2, 0.25) is 0 Å². The predicted molar refractivity (Wildman–Crippen MR) is 126 cm³/mol. The summed E-state index contributed by atoms with van der Waals surface area (Å²) >= 11 is 1.88. The van der Waals surface area contributed by atoms with Crippen molar-refractivity contribution in [3.8, 4) is 11.5 Å². The van der Waals surface area contributed by atoms with E-state index in [2.05, 4.69) is 72.8 Å². The van der Waals surface area contributed by atoms with Gasteiger partial charge in [-0.05, 0) is 52.9 Å². The molecule has 2 aliphatic rings. The molecule has 4 aromatic rings. The Balaban J connectivity index is 0.000000132. The highest BCUT2D eigenvalue weighted by Gasteiger charge is 2.20. The Morgan fingerprint density at radius 2 is 0.848 bits per heavy atom. The van der Waals surface area contributed by atoms with Gasteiger partial charge in [0.1, 0.15) is 11.5 Å². The van der Waals surface area contributed by atoms with Gasteiger partial charge in [-0.3, -0.25) is 0 Å². The van der Waals surface area contributed by atoms with E-state index < -0.39 is 7.25 Å². The van der Waals surface area contributed by atoms with E-state index in [0.29, 0.717) is 0 Å². The molecule has 0 fully saturated rings. The molecule has 0 aliphatic carbocycles. The summed E-state index contributed by atoms with van der Waals surface area (Å²) in [6.45, 7) is 0. The summed E-state index contributed by atoms with van der Waals surface area (Å²) < 4.78 is 44.8. The van der Waals surface area contributed by atoms with E-state index in [1.165, 1.54) is 32.0 Å². The molecule has 2 aliphatic heterocycles. The van der Waals surface area contributed by atoms with Gasteiger partial charge in [0.25, 0.3) is 0 Å². The Morgan fingerprint density at radius 3 is 1.30 bits per heavy atom. The molecule has 0 saturated heterocycles. The topological polar surface area (TPSA) is 9.23 Å². The van der Waals surface area contributed by atoms with Crippen LogP contribution in [0.4, 0.5) is 17.3 Å². The van der Waals surface area contributed by atoms with Gasteiger partial charge in [0.15, 0.2) is 0 Å². The maximum atomic E-state index is 9.75. The Hall–Kier alpha value is -3.19. The van der Waals surface area contributed by atoms with Crippen molar-refractivity contribution in [3.05, 3.63) is 119 Å². The SMILES string of the molecule is F[B-](F)(F)F.c1ccc2c(c1)Cc1ccccc1O2.c1ccc2c(c1)Cc1ccccc1S2. The summed E-state index contributed by atoms with van der Waals surface area (Å²) in [5, 5.41) is 0. The molecule has 168 valence electrons. The van der Waals surface area contributed by atoms with Gasteiger partial charge in [-0.15, -0.1) is 0 Å². The summed E-state index contributed by atoms with van der Waals surface area (Å²) in [5.74, 6) is 1.98. The number of benzene rings is 4. The van der Waals surface area contributed by atoms with Crippen molar-refractivity contribution >= 4 is 19.0 Å². The molecule has 4 aromatic carbocycles. The van der Waals surface area contributed by atoms with Crippen molar-refractivity contribution < 1.29 is 22.0 Å². The number of hydrogen-bond donors (Lipinski definition) is 0. The molecule has 7 heteroatoms. The van der Waals surface area contributed by atoms with Crippen LogP contribution < -0.4 is 4.74 Å². The van der Waals surface area contributed by atoms with Gasteiger partial charge in [-0.1, -0.05) is 84.6 Å². The second kappa shape index (κ2) is 10.2. The fraction of sp³-hybridized carbons (Fsp3) is 0.0769. The third-order valence-electron chi connectivity index (χ3n) is 5.09. The normalized spacial score (nSPS) is 12.7. The van der Waals surface area contributed by atoms with Crippen molar-refractivity contribution in [1.82, 2.24) is 0 Å². The van der Waals surface area contributed by atoms with Gasteiger partial charge in [0, 0.05) is 16.2 Å². The van der Waals surface area contributed by atoms with Crippen LogP contribution >= 0.6 is 11.8 Å². The molecule has 0 unspecified atom stereocenters. The average Bonchev–Trinajstić information content (AvgIpc) is 2.81. The van der Waals surface area contributed by atoms with Crippen LogP contribution in [0.2, 0.25) is 0 Å². The quantitative estimate of drug-likeness (QED) is 0.164. The van der Waals surface area contributed by atoms with E-state index in [9.17, 15) is 17.3 Å². The number of halogens is 4. The lowest BCUT2D eigenvalue weighted by Gasteiger charge is -2.19. The maximum Gasteiger partial charge on any atom is 0.673 e. The molecule has 33 heavy (non-hydrogen) atoms. The van der Waals surface area contributed by atoms with Gasteiger partial charge in [-0.2, -0.15) is 0 Å². The van der Waals surface area contributed by atoms with E-state index in [1.54, 1.807) is 0 Å². The summed E-state index contributed by atoms with van der Waals surface area (Å²) in [6.07, 6.45) is 2.06. The second-order valence-electron chi connectivity index (χ2n) is 7.48. The average molecular weight is 467 g/mol. The minimum absolute atomic E-state index is 0.979. The molecular weight excluding hydrogens is 447 g/mol. The lowest BCUT2D eigenvalue weighted by atomic mass is 10.0. The van der Waals surface area contributed by atoms with Crippen LogP contribution in [-0.4, -0.2) is 7.25 Å². The Morgan fingerprint density at radius 1 is 0.515 bits per heavy atom. The van der Waals surface area contributed by atoms with Crippen LogP contribution in [0.25, 0.3) is 0 Å². The minimum Gasteiger partial charge on any atom is -0.457 e. The molecular formula is C26H20BF4OS-. The summed E-state index contributed by atoms with van der Waals surface area (Å²) in [4.78, 5) is 2.82. The summed E-state index contributed by atoms with van der Waals surface area (Å²) in [6, 6.07) is 33.7. The second-order valence-corrected chi connectivity index (χ2v) is 8.57. The molecule has 0 amide bonds. The Bertz CT molecular complexity index is 971. The molecule has 0 bridgehead atoms. The van der Waals surface area contributed by atoms with Crippen LogP contribution in [0.3, 0.4) is 0 Å². The fourth-order valence-electron chi connectivity index (χ4n) is 3.65. The number of rotatable bonds is 0. The van der Waals surface area contributed by atoms with Gasteiger partial charge >= 0.3 is 7.25 Å². The number of para-hydroxylation sites is 2. The molecule has 1 nitrogen and oxygen atoms in total. The lowest BCUT2D eigenvalue weighted by Crippen LogP contribution is -2.02. The van der Waals surface area contributed by atoms with Crippen molar-refractivity contribution in [2.24, 2.45) is 0 Å². The molecule has 0 radical (unpaired) electrons. The number of fused-ring (bicyclic) bond motifs is 4. The number of ether oxygens (including phenoxy) is 1. The van der Waals surface area contributed by atoms with Crippen molar-refractivity contribution in [3.63, 3.8) is 0 Å². The highest BCUT2D eigenvalue weighted by atomic mass is 32.2. The van der Waals surface area contributed by atoms with Crippen LogP contribution in [-0.2, 0) is 12.8 Å². The van der Waals surface area contributed by atoms with Crippen molar-refractivity contribution in [2.75, 3.05) is 0 Å². The lowest BCUT2D eigenvalue weighted by molar-refractivity contribution is 0.368. The van der Waals surface area contributed by atoms with Gasteiger partial charge in [-0.25, -0.2) is 0 Å². The highest BCUT2D eigenvalue weighted by molar-refractivity contribution is 7.99. The van der Waals surface area contributed by atoms with E-state index in [4.69, 9.17) is 4.74 Å². The molecule has 0 spiro atoms. The van der Waals surface area contributed by atoms with Gasteiger partial charge < -0.3 is 22.0 Å². The van der Waals surface area contributed by atoms with Crippen LogP contribution in [0.1, 0.15) is 22.3 Å². The molecule has 0 aromatic heterocycles. The first-order valence-corrected chi connectivity index (χ1v) is 11.2. The monoisotopic (exact) mass is 467 g/mol. The molecule has 2 heterocycles. The zero-order valence-corrected chi connectivity index (χ0v) is 18.4. The third kappa shape index (κ3) is 6.42. The molecule has 6 rings (SSSR count). The zero-order valence-electron chi connectivity index (χ0n) is 17.6. The number of hydrogen-bond acceptors (Lipinski definition) is 2. The van der Waals surface area contributed by atoms with E-state index >= 15 is 0 Å². The van der Waals surface area contributed by atoms with Gasteiger partial charge in [0.05, 0.1) is 0 Å². The third-order valence-corrected chi connectivity index (χ3v) is 6.33. The smallest absolute Gasteiger partial charge is 0.457 e. The van der Waals surface area contributed by atoms with Crippen molar-refractivity contribution in [1.29, 1.82) is 0 Å². The summed E-state index contributed by atoms with van der Waals surface area (Å²) in [7, 11) is -6.00. The first-order chi connectivity index (χ1) is 15.9. The highest BCUT2D eigenvalue weighted by Crippen LogP contribution is 2.39. The largest absolute Gasteiger partial charge is 0.673 e. The Labute approximate surface area is 194 Å². The molecule has 0 N–H and O–H groups in total. The van der Waals surface area contributed by atoms with E-state index in [-0.39, 0.29) is 0 Å². The maximum absolute atomic E-state index is 9.75. The molecule has 0 atom stereocenters. The van der Waals surface area contributed by atoms with E-state index in [1.807, 2.05) is 36.0 Å². The Kier molecular flexibility index (Phi) is 7.09. The molecule has 0 saturated carbocycles. The zero-order chi connectivity index (χ0) is 23.3. The van der Waals surface area contributed by atoms with Crippen LogP contribution in [0.5, 0.6) is 11.5 Å². The van der Waals surface area contributed by atoms with E-state index in [0.717, 1.165) is 24.3 Å². The fourth-order valence-corrected chi connectivity index (χ4v) is 4.72. The first kappa shape index (κ1) is 23.0. The summed E-state index contributed by atoms with van der Waals surface area (Å²) in [5.41, 5.74) is 5.45. The van der Waals surface area contributed by atoms with Crippen LogP contribution in [0.15, 0.2) is 107 Å². The first-order valence-electron chi connectivity index (χ1n) is 10.4. The van der Waals surface area contributed by atoms with Crippen molar-refractivity contribution in [2.45, 2.75) is 22.6 Å². The predicted octanol–water partition coefficient (Wildman–Crippen LogP) is 8.43. The van der Waals surface area contributed by atoms with Crippen LogP contribution in [0, 0.1) is 0 Å².